The van der Waals surface area contributed by atoms with Crippen molar-refractivity contribution in [1.29, 1.82) is 0 Å². The van der Waals surface area contributed by atoms with Crippen LogP contribution in [0.3, 0.4) is 0 Å². The maximum absolute atomic E-state index is 13.7. The summed E-state index contributed by atoms with van der Waals surface area (Å²) in [5.74, 6) is 1.19. The maximum atomic E-state index is 13.7. The topological polar surface area (TPSA) is 76.6 Å². The third kappa shape index (κ3) is 3.39. The van der Waals surface area contributed by atoms with Gasteiger partial charge in [0.25, 0.3) is 5.56 Å². The Hall–Kier alpha value is -3.78. The zero-order chi connectivity index (χ0) is 25.9. The number of fused-ring (bicyclic) bond motifs is 3. The Balaban J connectivity index is 1.96. The summed E-state index contributed by atoms with van der Waals surface area (Å²) in [6.07, 6.45) is -0.531. The summed E-state index contributed by atoms with van der Waals surface area (Å²) < 4.78 is 22.4. The van der Waals surface area contributed by atoms with Crippen molar-refractivity contribution in [2.75, 3.05) is 20.8 Å². The third-order valence-electron chi connectivity index (χ3n) is 7.07. The van der Waals surface area contributed by atoms with E-state index < -0.39 is 11.6 Å². The van der Waals surface area contributed by atoms with E-state index in [1.807, 2.05) is 43.3 Å². The molecule has 1 unspecified atom stereocenters. The van der Waals surface area contributed by atoms with Gasteiger partial charge in [-0.1, -0.05) is 29.8 Å². The summed E-state index contributed by atoms with van der Waals surface area (Å²) in [4.78, 5) is 26.8. The second-order valence-corrected chi connectivity index (χ2v) is 9.99. The van der Waals surface area contributed by atoms with E-state index in [1.165, 1.54) is 11.6 Å². The highest BCUT2D eigenvalue weighted by atomic mass is 16.5. The minimum Gasteiger partial charge on any atom is -0.493 e. The Bertz CT molecular complexity index is 1620. The van der Waals surface area contributed by atoms with E-state index in [2.05, 4.69) is 24.5 Å². The first kappa shape index (κ1) is 23.9. The largest absolute Gasteiger partial charge is 0.493 e. The number of nitrogens with zero attached hydrogens (tertiary/aromatic N) is 3. The zero-order valence-electron chi connectivity index (χ0n) is 21.7. The van der Waals surface area contributed by atoms with Crippen molar-refractivity contribution in [3.05, 3.63) is 80.1 Å². The minimum atomic E-state index is -0.531. The molecule has 36 heavy (non-hydrogen) atoms. The smallest absolute Gasteiger partial charge is 0.331 e. The van der Waals surface area contributed by atoms with Gasteiger partial charge in [-0.2, -0.15) is 0 Å². The van der Waals surface area contributed by atoms with Crippen LogP contribution in [0.2, 0.25) is 0 Å². The number of benzene rings is 2. The van der Waals surface area contributed by atoms with Gasteiger partial charge in [0.05, 0.1) is 48.7 Å². The Morgan fingerprint density at radius 2 is 1.69 bits per heavy atom. The first-order valence-electron chi connectivity index (χ1n) is 11.9. The van der Waals surface area contributed by atoms with Crippen molar-refractivity contribution < 1.29 is 14.2 Å². The number of ether oxygens (including phenoxy) is 3. The summed E-state index contributed by atoms with van der Waals surface area (Å²) in [5.41, 5.74) is 3.78. The van der Waals surface area contributed by atoms with Crippen molar-refractivity contribution in [2.45, 2.75) is 32.4 Å². The fraction of sp³-hybridized carbons (Fsp3) is 0.357. The van der Waals surface area contributed by atoms with Crippen LogP contribution in [0.5, 0.6) is 11.5 Å². The molecule has 0 fully saturated rings. The summed E-state index contributed by atoms with van der Waals surface area (Å²) in [6, 6.07) is 13.8. The predicted octanol–water partition coefficient (Wildman–Crippen LogP) is 3.89. The monoisotopic (exact) mass is 489 g/mol. The van der Waals surface area contributed by atoms with Gasteiger partial charge >= 0.3 is 5.69 Å². The number of aromatic nitrogens is 3. The van der Waals surface area contributed by atoms with Crippen molar-refractivity contribution in [2.24, 2.45) is 14.1 Å². The number of rotatable bonds is 4. The normalized spacial score (nSPS) is 16.7. The van der Waals surface area contributed by atoms with Crippen molar-refractivity contribution in [1.82, 2.24) is 13.7 Å². The summed E-state index contributed by atoms with van der Waals surface area (Å²) in [6.45, 7) is 6.61. The third-order valence-corrected chi connectivity index (χ3v) is 7.07. The lowest BCUT2D eigenvalue weighted by Gasteiger charge is -2.39. The summed E-state index contributed by atoms with van der Waals surface area (Å²) in [7, 11) is 6.41. The molecule has 8 heteroatoms. The molecule has 0 spiro atoms. The highest BCUT2D eigenvalue weighted by Crippen LogP contribution is 2.46. The van der Waals surface area contributed by atoms with E-state index in [4.69, 9.17) is 14.2 Å². The van der Waals surface area contributed by atoms with E-state index in [-0.39, 0.29) is 11.2 Å². The van der Waals surface area contributed by atoms with Crippen LogP contribution in [0.4, 0.5) is 0 Å². The van der Waals surface area contributed by atoms with E-state index in [1.54, 1.807) is 25.8 Å². The molecule has 0 radical (unpaired) electrons. The number of hydrogen-bond donors (Lipinski definition) is 0. The van der Waals surface area contributed by atoms with Crippen molar-refractivity contribution in [3.8, 4) is 22.8 Å². The van der Waals surface area contributed by atoms with Crippen LogP contribution in [0.1, 0.15) is 36.8 Å². The average Bonchev–Trinajstić information content (AvgIpc) is 3.23. The Labute approximate surface area is 209 Å². The Morgan fingerprint density at radius 3 is 2.36 bits per heavy atom. The van der Waals surface area contributed by atoms with Crippen LogP contribution in [0.25, 0.3) is 22.2 Å². The molecule has 0 saturated carbocycles. The van der Waals surface area contributed by atoms with E-state index in [0.717, 1.165) is 28.1 Å². The first-order chi connectivity index (χ1) is 17.1. The van der Waals surface area contributed by atoms with Crippen LogP contribution in [0, 0.1) is 6.92 Å². The van der Waals surface area contributed by atoms with Gasteiger partial charge in [-0.05, 0) is 50.1 Å². The molecule has 1 atom stereocenters. The molecule has 2 aromatic carbocycles. The molecule has 0 N–H and O–H groups in total. The zero-order valence-corrected chi connectivity index (χ0v) is 21.7. The van der Waals surface area contributed by atoms with Crippen LogP contribution in [0.15, 0.2) is 52.1 Å². The van der Waals surface area contributed by atoms with Gasteiger partial charge in [0.15, 0.2) is 11.5 Å². The fourth-order valence-corrected chi connectivity index (χ4v) is 5.33. The Morgan fingerprint density at radius 1 is 0.972 bits per heavy atom. The van der Waals surface area contributed by atoms with Crippen LogP contribution in [-0.2, 0) is 24.4 Å². The molecule has 0 bridgehead atoms. The molecule has 0 aliphatic carbocycles. The molecule has 3 heterocycles. The van der Waals surface area contributed by atoms with Crippen LogP contribution < -0.4 is 20.7 Å². The molecular weight excluding hydrogens is 458 g/mol. The van der Waals surface area contributed by atoms with Gasteiger partial charge in [-0.15, -0.1) is 0 Å². The van der Waals surface area contributed by atoms with Crippen molar-refractivity contribution >= 4 is 10.9 Å². The highest BCUT2D eigenvalue weighted by Gasteiger charge is 2.40. The lowest BCUT2D eigenvalue weighted by Crippen LogP contribution is -2.40. The highest BCUT2D eigenvalue weighted by molar-refractivity contribution is 5.97. The number of hydrogen-bond acceptors (Lipinski definition) is 5. The molecule has 188 valence electrons. The lowest BCUT2D eigenvalue weighted by atomic mass is 9.97. The van der Waals surface area contributed by atoms with Crippen LogP contribution >= 0.6 is 0 Å². The van der Waals surface area contributed by atoms with Gasteiger partial charge < -0.3 is 18.8 Å². The average molecular weight is 490 g/mol. The summed E-state index contributed by atoms with van der Waals surface area (Å²) >= 11 is 0. The van der Waals surface area contributed by atoms with Gasteiger partial charge in [-0.25, -0.2) is 4.79 Å². The van der Waals surface area contributed by atoms with E-state index in [0.29, 0.717) is 29.0 Å². The predicted molar refractivity (Wildman–Crippen MR) is 139 cm³/mol. The first-order valence-corrected chi connectivity index (χ1v) is 11.9. The molecule has 2 aromatic heterocycles. The summed E-state index contributed by atoms with van der Waals surface area (Å²) in [5, 5.41) is 0.504. The molecule has 1 aliphatic rings. The Kier molecular flexibility index (Phi) is 5.59. The molecule has 1 aliphatic heterocycles. The second kappa shape index (κ2) is 8.41. The van der Waals surface area contributed by atoms with Crippen LogP contribution in [-0.4, -0.2) is 34.5 Å². The minimum absolute atomic E-state index is 0.326. The molecular formula is C28H31N3O5. The second-order valence-electron chi connectivity index (χ2n) is 9.99. The molecule has 5 rings (SSSR count). The van der Waals surface area contributed by atoms with Gasteiger partial charge in [0.2, 0.25) is 0 Å². The molecule has 8 nitrogen and oxygen atoms in total. The van der Waals surface area contributed by atoms with E-state index >= 15 is 0 Å². The van der Waals surface area contributed by atoms with Crippen molar-refractivity contribution in [3.63, 3.8) is 0 Å². The van der Waals surface area contributed by atoms with Gasteiger partial charge in [0.1, 0.15) is 6.10 Å². The number of methoxy groups -OCH3 is 2. The lowest BCUT2D eigenvalue weighted by molar-refractivity contribution is -0.00716. The molecule has 0 saturated heterocycles. The molecule has 0 amide bonds. The van der Waals surface area contributed by atoms with Gasteiger partial charge in [-0.3, -0.25) is 13.9 Å². The van der Waals surface area contributed by atoms with E-state index in [9.17, 15) is 9.59 Å². The molecule has 4 aromatic rings. The standard InChI is InChI=1S/C28H31N3O5/c1-16-9-8-10-17(13-16)22-21-23(29(4)27(33)30(5)26(21)32)24-25(36-15-28(2,3)31(22)24)18-11-12-19(34-6)20(14-18)35-7/h8-14,25H,15H2,1-7H3. The quantitative estimate of drug-likeness (QED) is 0.435. The van der Waals surface area contributed by atoms with Gasteiger partial charge in [0, 0.05) is 14.1 Å². The maximum Gasteiger partial charge on any atom is 0.331 e. The number of aryl methyl sites for hydroxylation is 2. The SMILES string of the molecule is COc1ccc(C2OCC(C)(C)n3c(-c4cccc(C)c4)c4c(=O)n(C)c(=O)n(C)c4c32)cc1OC. The fourth-order valence-electron chi connectivity index (χ4n) is 5.33.